The first-order valence-corrected chi connectivity index (χ1v) is 34.8. The fraction of sp³-hybridized carbons (Fsp3) is 0.397. The van der Waals surface area contributed by atoms with Gasteiger partial charge in [-0.25, -0.2) is 6.29 Å². The second kappa shape index (κ2) is 42.6. The van der Waals surface area contributed by atoms with Gasteiger partial charge in [0, 0.05) is 87.4 Å². The van der Waals surface area contributed by atoms with Gasteiger partial charge in [-0.2, -0.15) is 23.5 Å². The minimum atomic E-state index is -2.57. The van der Waals surface area contributed by atoms with Gasteiger partial charge in [-0.05, 0) is 106 Å². The number of carboxylic acids is 1. The maximum Gasteiger partial charge on any atom is 1.00 e. The molecule has 2 saturated heterocycles. The molecule has 12 N–H and O–H groups in total. The summed E-state index contributed by atoms with van der Waals surface area (Å²) in [6, 6.07) is 44.1. The fourth-order valence-electron chi connectivity index (χ4n) is 11.4. The number of nitrogens with one attached hydrogen (secondary N) is 5. The number of carbonyl (C=O) groups is 7. The van der Waals surface area contributed by atoms with Crippen molar-refractivity contribution in [2.24, 2.45) is 0 Å². The molecule has 6 aromatic rings. The number of amides is 5. The van der Waals surface area contributed by atoms with Gasteiger partial charge < -0.3 is 96.3 Å². The van der Waals surface area contributed by atoms with Gasteiger partial charge in [0.15, 0.2) is 5.78 Å². The van der Waals surface area contributed by atoms with Crippen molar-refractivity contribution in [3.63, 3.8) is 0 Å². The van der Waals surface area contributed by atoms with Crippen molar-refractivity contribution < 1.29 is 158 Å². The molecule has 0 aromatic heterocycles. The Bertz CT molecular complexity index is 3650. The molecule has 0 radical (unpaired) electrons. The maximum atomic E-state index is 13.1. The van der Waals surface area contributed by atoms with Gasteiger partial charge in [0.25, 0.3) is 17.7 Å². The van der Waals surface area contributed by atoms with Crippen LogP contribution in [0.15, 0.2) is 158 Å². The Morgan fingerprint density at radius 1 is 0.520 bits per heavy atom. The standard InChI is InChI=1S/C73H84N5O19S2.2Na.H2O/c1-45(80)77-62-58(83)40-72(44-79,96-66(62)64(87)60(85)42-75-69(90)55-29-19-49(20-30-55)47-12-5-3-6-13-47)94-34-10-38-99-39-33-74-68(89)54-27-23-52(24-28-54)51-17-25-53(26-18-51)57(82)16-9-36-98-37-11-35-95-73(71(92)93)41-59(84)63(78-46(2)81)67(97-73)65(88)61(86)43-76-70(91)56-31-21-50(22-32-56)48-14-7-4-8-15-48;;;/h3-8,12-15,17-32,58-67,83-88H,9-11,16,33-43H2,1-2H3,(H,74,89)(H,75,90)(H,76,91)(H,77,80)(H,78,81)(H,92,93);;;1H2/q-1;2*+1;/p-2/t58-,59-,60+,61+,62+,63+,64+,65+,66+,67+,72+,73+;;;/m0.../s1. The van der Waals surface area contributed by atoms with Crippen LogP contribution in [0.5, 0.6) is 0 Å². The smallest absolute Gasteiger partial charge is 0.870 e. The van der Waals surface area contributed by atoms with Gasteiger partial charge >= 0.3 is 59.1 Å². The zero-order valence-electron chi connectivity index (χ0n) is 57.1. The van der Waals surface area contributed by atoms with E-state index in [4.69, 9.17) is 18.9 Å². The second-order valence-corrected chi connectivity index (χ2v) is 26.5. The summed E-state index contributed by atoms with van der Waals surface area (Å²) in [5.74, 6) is -7.06. The number of benzene rings is 6. The Balaban J connectivity index is 0.00000624. The molecule has 2 heterocycles. The first kappa shape index (κ1) is 86.4. The van der Waals surface area contributed by atoms with Crippen LogP contribution in [0.2, 0.25) is 0 Å². The maximum absolute atomic E-state index is 13.1. The van der Waals surface area contributed by atoms with Crippen LogP contribution in [0.25, 0.3) is 33.4 Å². The molecule has 0 unspecified atom stereocenters. The van der Waals surface area contributed by atoms with E-state index in [9.17, 15) is 74.1 Å². The predicted molar refractivity (Wildman–Crippen MR) is 370 cm³/mol. The molecule has 0 saturated carbocycles. The molecule has 25 nitrogen and oxygen atoms in total. The molecule has 6 aromatic carbocycles. The number of rotatable bonds is 36. The van der Waals surface area contributed by atoms with Crippen molar-refractivity contribution in [2.45, 2.75) is 125 Å². The number of hydrogen-bond donors (Lipinski definition) is 11. The molecule has 12 atom stereocenters. The quantitative estimate of drug-likeness (QED) is 0.00829. The predicted octanol–water partition coefficient (Wildman–Crippen LogP) is -2.64. The van der Waals surface area contributed by atoms with Crippen LogP contribution in [-0.2, 0) is 38.1 Å². The molecule has 0 aliphatic carbocycles. The molecule has 536 valence electrons. The van der Waals surface area contributed by atoms with Gasteiger partial charge in [-0.3, -0.25) is 28.8 Å². The van der Waals surface area contributed by atoms with Crippen molar-refractivity contribution in [3.8, 4) is 33.4 Å². The minimum absolute atomic E-state index is 0. The number of hydrogen-bond acceptors (Lipinski definition) is 22. The molecule has 8 rings (SSSR count). The number of Topliss-reactive ketones (excluding diaryl/α,β-unsaturated/α-hetero) is 1. The van der Waals surface area contributed by atoms with Gasteiger partial charge in [-0.15, -0.1) is 0 Å². The van der Waals surface area contributed by atoms with Gasteiger partial charge in [0.05, 0.1) is 48.9 Å². The summed E-state index contributed by atoms with van der Waals surface area (Å²) in [5.41, 5.74) is 6.87. The largest absolute Gasteiger partial charge is 1.00 e. The number of carboxylic acid groups (broad SMARTS) is 1. The molecule has 2 aliphatic heterocycles. The van der Waals surface area contributed by atoms with Crippen LogP contribution < -0.4 is 90.8 Å². The van der Waals surface area contributed by atoms with Crippen LogP contribution in [0, 0.1) is 0 Å². The summed E-state index contributed by atoms with van der Waals surface area (Å²) in [6.45, 7) is 1.51. The van der Waals surface area contributed by atoms with E-state index in [2.05, 4.69) is 26.6 Å². The average molecular weight is 1460 g/mol. The van der Waals surface area contributed by atoms with Crippen molar-refractivity contribution in [2.75, 3.05) is 55.9 Å². The SMILES string of the molecule is CC(=O)N[C@H]1[C@H]([C@H](O)[C@H](O)CNC(=O)c2ccc(-c3ccccc3)cc2)O[C@]([C-]=O)(OCCCSCCNC(=O)c2ccc(-c3ccc(C(=O)CCCSCCCO[C@]4(C(=O)[O-])C[C@H](O)[C@@H](NC(C)=O)[C@H]([C@H](O)[C@H](O)CNC(=O)c5ccc(-c6ccccc6)cc5)O4)cc3)cc2)C[C@@H]1O.[Na+].[Na+].[OH-]. The van der Waals surface area contributed by atoms with E-state index in [1.54, 1.807) is 91.2 Å². The Morgan fingerprint density at radius 3 is 1.31 bits per heavy atom. The van der Waals surface area contributed by atoms with E-state index in [0.29, 0.717) is 65.5 Å². The number of aliphatic hydroxyl groups is 6. The Labute approximate surface area is 644 Å². The van der Waals surface area contributed by atoms with E-state index in [0.717, 1.165) is 40.3 Å². The third kappa shape index (κ3) is 24.7. The second-order valence-electron chi connectivity index (χ2n) is 24.0. The molecule has 102 heavy (non-hydrogen) atoms. The Kier molecular flexibility index (Phi) is 36.1. The van der Waals surface area contributed by atoms with E-state index >= 15 is 0 Å². The monoisotopic (exact) mass is 1460 g/mol. The minimum Gasteiger partial charge on any atom is -0.870 e. The van der Waals surface area contributed by atoms with Crippen LogP contribution >= 0.6 is 23.5 Å². The number of ether oxygens (including phenoxy) is 4. The zero-order chi connectivity index (χ0) is 71.1. The van der Waals surface area contributed by atoms with E-state index in [1.165, 1.54) is 30.4 Å². The number of aliphatic hydroxyl groups excluding tert-OH is 6. The molecule has 5 amide bonds. The molecule has 2 aliphatic rings. The Morgan fingerprint density at radius 2 is 0.892 bits per heavy atom. The molecule has 0 spiro atoms. The molecule has 0 bridgehead atoms. The Hall–Kier alpha value is -6.26. The summed E-state index contributed by atoms with van der Waals surface area (Å²) in [5, 5.41) is 92.5. The van der Waals surface area contributed by atoms with Gasteiger partial charge in [0.2, 0.25) is 17.6 Å². The third-order valence-corrected chi connectivity index (χ3v) is 18.9. The van der Waals surface area contributed by atoms with Crippen LogP contribution in [-0.4, -0.2) is 212 Å². The summed E-state index contributed by atoms with van der Waals surface area (Å²) in [4.78, 5) is 102. The third-order valence-electron chi connectivity index (χ3n) is 16.7. The topological polar surface area (TPSA) is 408 Å². The number of ketones is 1. The van der Waals surface area contributed by atoms with Crippen LogP contribution in [0.3, 0.4) is 0 Å². The first-order chi connectivity index (χ1) is 47.6. The van der Waals surface area contributed by atoms with E-state index in [1.807, 2.05) is 72.8 Å². The molecule has 29 heteroatoms. The van der Waals surface area contributed by atoms with E-state index < -0.39 is 128 Å². The zero-order valence-corrected chi connectivity index (χ0v) is 62.8. The number of carbonyl (C=O) groups excluding carboxylic acids is 8. The molecular formula is C73H84N5Na2O20S2-. The first-order valence-electron chi connectivity index (χ1n) is 32.5. The van der Waals surface area contributed by atoms with Gasteiger partial charge in [-0.1, -0.05) is 121 Å². The number of thioether (sulfide) groups is 2. The summed E-state index contributed by atoms with van der Waals surface area (Å²) in [6.07, 6.45) is -11.4. The average Bonchev–Trinajstić information content (AvgIpc) is 0.781. The fourth-order valence-corrected chi connectivity index (χ4v) is 13.1. The molecule has 2 fully saturated rings. The molecular weight excluding hydrogens is 1380 g/mol. The van der Waals surface area contributed by atoms with Gasteiger partial charge in [0.1, 0.15) is 30.4 Å². The van der Waals surface area contributed by atoms with Crippen LogP contribution in [0.1, 0.15) is 93.8 Å². The normalized spacial score (nSPS) is 21.1. The van der Waals surface area contributed by atoms with Crippen molar-refractivity contribution >= 4 is 71.1 Å². The summed E-state index contributed by atoms with van der Waals surface area (Å²) < 4.78 is 23.3. The van der Waals surface area contributed by atoms with Crippen molar-refractivity contribution in [1.29, 1.82) is 0 Å². The summed E-state index contributed by atoms with van der Waals surface area (Å²) in [7, 11) is 0. The number of aliphatic carboxylic acids is 1. The van der Waals surface area contributed by atoms with Crippen molar-refractivity contribution in [3.05, 3.63) is 180 Å². The van der Waals surface area contributed by atoms with Crippen molar-refractivity contribution in [1.82, 2.24) is 26.6 Å². The van der Waals surface area contributed by atoms with E-state index in [-0.39, 0.29) is 101 Å². The van der Waals surface area contributed by atoms with Crippen LogP contribution in [0.4, 0.5) is 0 Å². The summed E-state index contributed by atoms with van der Waals surface area (Å²) >= 11 is 3.01.